The number of para-hydroxylation sites is 2. The minimum Gasteiger partial charge on any atom is -0.378 e. The normalized spacial score (nSPS) is 13.6. The van der Waals surface area contributed by atoms with Gasteiger partial charge in [0.1, 0.15) is 0 Å². The zero-order valence-electron chi connectivity index (χ0n) is 14.9. The molecule has 2 aromatic rings. The highest BCUT2D eigenvalue weighted by molar-refractivity contribution is 5.90. The molecule has 0 bridgehead atoms. The van der Waals surface area contributed by atoms with Gasteiger partial charge in [-0.05, 0) is 23.8 Å². The van der Waals surface area contributed by atoms with Gasteiger partial charge in [0.15, 0.2) is 0 Å². The predicted octanol–water partition coefficient (Wildman–Crippen LogP) is 2.06. The molecule has 1 heterocycles. The molecule has 27 heavy (non-hydrogen) atoms. The third kappa shape index (κ3) is 5.61. The minimum absolute atomic E-state index is 0.349. The van der Waals surface area contributed by atoms with E-state index in [1.165, 1.54) is 0 Å². The first kappa shape index (κ1) is 18.5. The number of ether oxygens (including phenoxy) is 1. The fourth-order valence-electron chi connectivity index (χ4n) is 2.79. The van der Waals surface area contributed by atoms with Crippen LogP contribution in [0.5, 0.6) is 0 Å². The molecule has 142 valence electrons. The van der Waals surface area contributed by atoms with Crippen LogP contribution in [0.25, 0.3) is 0 Å². The number of amides is 4. The average molecular weight is 369 g/mol. The monoisotopic (exact) mass is 369 g/mol. The van der Waals surface area contributed by atoms with Crippen molar-refractivity contribution in [3.8, 4) is 0 Å². The van der Waals surface area contributed by atoms with Crippen LogP contribution in [0.3, 0.4) is 0 Å². The molecular weight excluding hydrogens is 346 g/mol. The van der Waals surface area contributed by atoms with E-state index in [2.05, 4.69) is 26.4 Å². The first-order chi connectivity index (χ1) is 13.2. The van der Waals surface area contributed by atoms with Gasteiger partial charge in [0.2, 0.25) is 0 Å². The third-order valence-corrected chi connectivity index (χ3v) is 4.10. The lowest BCUT2D eigenvalue weighted by Crippen LogP contribution is -2.48. The second kappa shape index (κ2) is 9.44. The number of urea groups is 2. The van der Waals surface area contributed by atoms with Crippen molar-refractivity contribution in [2.45, 2.75) is 6.54 Å². The first-order valence-corrected chi connectivity index (χ1v) is 8.79. The molecule has 0 saturated carbocycles. The molecule has 0 radical (unpaired) electrons. The number of nitrogens with zero attached hydrogens (tertiary/aromatic N) is 1. The lowest BCUT2D eigenvalue weighted by molar-refractivity contribution is 0.122. The summed E-state index contributed by atoms with van der Waals surface area (Å²) in [6.45, 7) is 3.39. The third-order valence-electron chi connectivity index (χ3n) is 4.10. The lowest BCUT2D eigenvalue weighted by Gasteiger charge is -2.30. The van der Waals surface area contributed by atoms with Crippen LogP contribution in [0.15, 0.2) is 54.6 Å². The number of carbonyl (C=O) groups is 2. The molecule has 1 fully saturated rings. The number of rotatable bonds is 4. The van der Waals surface area contributed by atoms with Crippen molar-refractivity contribution < 1.29 is 14.3 Å². The Morgan fingerprint density at radius 1 is 0.889 bits per heavy atom. The summed E-state index contributed by atoms with van der Waals surface area (Å²) in [5.41, 5.74) is 7.35. The number of morpholine rings is 1. The summed E-state index contributed by atoms with van der Waals surface area (Å²) in [5.74, 6) is 0. The first-order valence-electron chi connectivity index (χ1n) is 8.79. The van der Waals surface area contributed by atoms with Gasteiger partial charge in [-0.1, -0.05) is 36.4 Å². The molecule has 0 aliphatic carbocycles. The summed E-state index contributed by atoms with van der Waals surface area (Å²) >= 11 is 0. The lowest BCUT2D eigenvalue weighted by atomic mass is 10.1. The molecule has 3 rings (SSSR count). The molecular formula is C19H23N5O3. The number of nitrogens with one attached hydrogen (secondary N) is 4. The highest BCUT2D eigenvalue weighted by Crippen LogP contribution is 2.21. The van der Waals surface area contributed by atoms with E-state index in [1.807, 2.05) is 42.5 Å². The van der Waals surface area contributed by atoms with Crippen molar-refractivity contribution in [3.05, 3.63) is 60.2 Å². The van der Waals surface area contributed by atoms with E-state index >= 15 is 0 Å². The standard InChI is InChI=1S/C19H23N5O3/c25-18(22-23-19(26)21-16-7-2-1-3-8-16)20-14-15-6-4-5-9-17(15)24-10-12-27-13-11-24/h1-9H,10-14H2,(H2,20,22,25)(H2,21,23,26). The van der Waals surface area contributed by atoms with E-state index in [0.29, 0.717) is 25.4 Å². The molecule has 8 nitrogen and oxygen atoms in total. The summed E-state index contributed by atoms with van der Waals surface area (Å²) in [6.07, 6.45) is 0. The molecule has 0 atom stereocenters. The average Bonchev–Trinajstić information content (AvgIpc) is 2.72. The van der Waals surface area contributed by atoms with E-state index in [0.717, 1.165) is 24.3 Å². The maximum atomic E-state index is 12.0. The topological polar surface area (TPSA) is 94.7 Å². The Hall–Kier alpha value is -3.26. The summed E-state index contributed by atoms with van der Waals surface area (Å²) in [4.78, 5) is 26.0. The number of benzene rings is 2. The summed E-state index contributed by atoms with van der Waals surface area (Å²) < 4.78 is 5.39. The van der Waals surface area contributed by atoms with E-state index in [-0.39, 0.29) is 0 Å². The van der Waals surface area contributed by atoms with Crippen molar-refractivity contribution in [2.75, 3.05) is 36.5 Å². The van der Waals surface area contributed by atoms with E-state index in [9.17, 15) is 9.59 Å². The van der Waals surface area contributed by atoms with Gasteiger partial charge in [0, 0.05) is 31.0 Å². The molecule has 0 unspecified atom stereocenters. The zero-order chi connectivity index (χ0) is 18.9. The van der Waals surface area contributed by atoms with Crippen LogP contribution in [0.1, 0.15) is 5.56 Å². The molecule has 4 amide bonds. The SMILES string of the molecule is O=C(NCc1ccccc1N1CCOCC1)NNC(=O)Nc1ccccc1. The van der Waals surface area contributed by atoms with Crippen molar-refractivity contribution >= 4 is 23.4 Å². The van der Waals surface area contributed by atoms with Gasteiger partial charge < -0.3 is 20.3 Å². The Balaban J connectivity index is 1.46. The van der Waals surface area contributed by atoms with Crippen molar-refractivity contribution in [1.29, 1.82) is 0 Å². The molecule has 1 aliphatic rings. The molecule has 0 spiro atoms. The van der Waals surface area contributed by atoms with Gasteiger partial charge in [-0.3, -0.25) is 0 Å². The molecule has 0 aromatic heterocycles. The number of hydrogen-bond donors (Lipinski definition) is 4. The maximum absolute atomic E-state index is 12.0. The molecule has 1 saturated heterocycles. The fraction of sp³-hybridized carbons (Fsp3) is 0.263. The van der Waals surface area contributed by atoms with Crippen molar-refractivity contribution in [3.63, 3.8) is 0 Å². The van der Waals surface area contributed by atoms with Crippen LogP contribution in [0.2, 0.25) is 0 Å². The van der Waals surface area contributed by atoms with Crippen LogP contribution >= 0.6 is 0 Å². The Morgan fingerprint density at radius 2 is 1.56 bits per heavy atom. The highest BCUT2D eigenvalue weighted by atomic mass is 16.5. The van der Waals surface area contributed by atoms with Gasteiger partial charge in [-0.15, -0.1) is 0 Å². The van der Waals surface area contributed by atoms with Crippen LogP contribution in [-0.4, -0.2) is 38.4 Å². The van der Waals surface area contributed by atoms with Gasteiger partial charge in [0.05, 0.1) is 13.2 Å². The minimum atomic E-state index is -0.523. The zero-order valence-corrected chi connectivity index (χ0v) is 14.9. The quantitative estimate of drug-likeness (QED) is 0.621. The number of hydrogen-bond acceptors (Lipinski definition) is 4. The Morgan fingerprint density at radius 3 is 2.33 bits per heavy atom. The van der Waals surface area contributed by atoms with E-state index in [4.69, 9.17) is 4.74 Å². The van der Waals surface area contributed by atoms with E-state index < -0.39 is 12.1 Å². The predicted molar refractivity (Wildman–Crippen MR) is 103 cm³/mol. The molecule has 8 heteroatoms. The smallest absolute Gasteiger partial charge is 0.337 e. The summed E-state index contributed by atoms with van der Waals surface area (Å²) in [7, 11) is 0. The fourth-order valence-corrected chi connectivity index (χ4v) is 2.79. The number of hydrazine groups is 1. The van der Waals surface area contributed by atoms with Gasteiger partial charge in [0.25, 0.3) is 0 Å². The van der Waals surface area contributed by atoms with Crippen LogP contribution in [0, 0.1) is 0 Å². The maximum Gasteiger partial charge on any atom is 0.337 e. The Labute approximate surface area is 157 Å². The second-order valence-electron chi connectivity index (χ2n) is 5.98. The molecule has 2 aromatic carbocycles. The van der Waals surface area contributed by atoms with Crippen LogP contribution < -0.4 is 26.4 Å². The van der Waals surface area contributed by atoms with Crippen molar-refractivity contribution in [1.82, 2.24) is 16.2 Å². The Bertz CT molecular complexity index is 763. The molecule has 4 N–H and O–H groups in total. The van der Waals surface area contributed by atoms with Crippen molar-refractivity contribution in [2.24, 2.45) is 0 Å². The highest BCUT2D eigenvalue weighted by Gasteiger charge is 2.14. The summed E-state index contributed by atoms with van der Waals surface area (Å²) in [6, 6.07) is 15.9. The largest absolute Gasteiger partial charge is 0.378 e. The van der Waals surface area contributed by atoms with Gasteiger partial charge in [-0.2, -0.15) is 0 Å². The molecule has 1 aliphatic heterocycles. The summed E-state index contributed by atoms with van der Waals surface area (Å²) in [5, 5.41) is 5.36. The van der Waals surface area contributed by atoms with Crippen LogP contribution in [0.4, 0.5) is 21.0 Å². The number of carbonyl (C=O) groups excluding carboxylic acids is 2. The second-order valence-corrected chi connectivity index (χ2v) is 5.98. The van der Waals surface area contributed by atoms with Crippen LogP contribution in [-0.2, 0) is 11.3 Å². The number of anilines is 2. The van der Waals surface area contributed by atoms with Gasteiger partial charge >= 0.3 is 12.1 Å². The van der Waals surface area contributed by atoms with E-state index in [1.54, 1.807) is 12.1 Å². The Kier molecular flexibility index (Phi) is 6.48. The van der Waals surface area contributed by atoms with Gasteiger partial charge in [-0.25, -0.2) is 20.4 Å².